The Morgan fingerprint density at radius 1 is 1.50 bits per heavy atom. The highest BCUT2D eigenvalue weighted by atomic mass is 19.1. The molecule has 0 amide bonds. The Kier molecular flexibility index (Phi) is 4.48. The quantitative estimate of drug-likeness (QED) is 0.441. The Hall–Kier alpha value is -1.55. The van der Waals surface area contributed by atoms with Crippen LogP contribution in [-0.4, -0.2) is 0 Å². The second-order valence-electron chi connectivity index (χ2n) is 2.13. The van der Waals surface area contributed by atoms with E-state index < -0.39 is 5.83 Å². The van der Waals surface area contributed by atoms with Gasteiger partial charge in [0.05, 0.1) is 0 Å². The number of halogens is 1. The lowest BCUT2D eigenvalue weighted by Crippen LogP contribution is -1.84. The van der Waals surface area contributed by atoms with Gasteiger partial charge in [0.15, 0.2) is 0 Å². The normalized spacial score (nSPS) is 11.2. The molecule has 12 heavy (non-hydrogen) atoms. The topological polar surface area (TPSA) is 0 Å². The van der Waals surface area contributed by atoms with Crippen molar-refractivity contribution in [1.82, 2.24) is 0 Å². The largest absolute Gasteiger partial charge is 0.207 e. The molecule has 0 unspecified atom stereocenters. The van der Waals surface area contributed by atoms with Gasteiger partial charge in [-0.25, -0.2) is 4.39 Å². The van der Waals surface area contributed by atoms with E-state index in [9.17, 15) is 4.39 Å². The molecule has 0 aliphatic heterocycles. The summed E-state index contributed by atoms with van der Waals surface area (Å²) in [7, 11) is 0. The number of hydrogen-bond acceptors (Lipinski definition) is 0. The molecule has 0 radical (unpaired) electrons. The fourth-order valence-electron chi connectivity index (χ4n) is 0.755. The first-order valence-corrected chi connectivity index (χ1v) is 3.46. The van der Waals surface area contributed by atoms with E-state index >= 15 is 0 Å². The predicted octanol–water partition coefficient (Wildman–Crippen LogP) is 3.16. The summed E-state index contributed by atoms with van der Waals surface area (Å²) in [5.74, 6) is 1.80. The van der Waals surface area contributed by atoms with Crippen molar-refractivity contribution in [3.8, 4) is 12.3 Å². The van der Waals surface area contributed by atoms with Crippen molar-refractivity contribution >= 4 is 0 Å². The smallest absolute Gasteiger partial charge is 0.123 e. The molecule has 0 bridgehead atoms. The zero-order chi connectivity index (χ0) is 9.56. The Morgan fingerprint density at radius 2 is 2.08 bits per heavy atom. The Labute approximate surface area is 72.8 Å². The van der Waals surface area contributed by atoms with Crippen molar-refractivity contribution in [2.75, 3.05) is 0 Å². The van der Waals surface area contributed by atoms with Crippen LogP contribution in [0.1, 0.15) is 6.92 Å². The average molecular weight is 162 g/mol. The second-order valence-corrected chi connectivity index (χ2v) is 2.13. The van der Waals surface area contributed by atoms with Crippen molar-refractivity contribution in [3.63, 3.8) is 0 Å². The minimum absolute atomic E-state index is 0.390. The molecule has 0 aromatic heterocycles. The third-order valence-electron chi connectivity index (χ3n) is 1.31. The van der Waals surface area contributed by atoms with E-state index in [4.69, 9.17) is 6.42 Å². The lowest BCUT2D eigenvalue weighted by Gasteiger charge is -2.01. The van der Waals surface area contributed by atoms with Crippen LogP contribution in [0.4, 0.5) is 4.39 Å². The molecule has 0 spiro atoms. The van der Waals surface area contributed by atoms with E-state index in [-0.39, 0.29) is 0 Å². The van der Waals surface area contributed by atoms with Crippen molar-refractivity contribution in [3.05, 3.63) is 48.4 Å². The van der Waals surface area contributed by atoms with E-state index in [0.29, 0.717) is 11.1 Å². The fourth-order valence-corrected chi connectivity index (χ4v) is 0.755. The summed E-state index contributed by atoms with van der Waals surface area (Å²) in [6.07, 6.45) is 9.62. The molecule has 0 nitrogen and oxygen atoms in total. The maximum atomic E-state index is 12.6. The molecule has 1 heteroatoms. The predicted molar refractivity (Wildman–Crippen MR) is 51.1 cm³/mol. The summed E-state index contributed by atoms with van der Waals surface area (Å²) in [6.45, 7) is 8.52. The first-order valence-electron chi connectivity index (χ1n) is 3.46. The van der Waals surface area contributed by atoms with Gasteiger partial charge in [0.25, 0.3) is 0 Å². The van der Waals surface area contributed by atoms with Crippen LogP contribution in [0.3, 0.4) is 0 Å². The first-order chi connectivity index (χ1) is 5.63. The molecule has 0 aliphatic rings. The summed E-state index contributed by atoms with van der Waals surface area (Å²) in [5, 5.41) is 0. The molecule has 0 aromatic rings. The van der Waals surface area contributed by atoms with Crippen molar-refractivity contribution in [2.24, 2.45) is 0 Å². The Balaban J connectivity index is 4.60. The summed E-state index contributed by atoms with van der Waals surface area (Å²) in [6, 6.07) is 0. The van der Waals surface area contributed by atoms with Crippen LogP contribution in [0.25, 0.3) is 0 Å². The standard InChI is InChI=1S/C11H11F/c1-5-7-8-9(3)11(6-2)10(4)12/h1,6-8H,3-4H2,2H3/b8-7-,11-6+. The molecular formula is C11H11F. The van der Waals surface area contributed by atoms with Gasteiger partial charge < -0.3 is 0 Å². The first kappa shape index (κ1) is 10.4. The van der Waals surface area contributed by atoms with Crippen LogP contribution in [0, 0.1) is 12.3 Å². The maximum absolute atomic E-state index is 12.6. The van der Waals surface area contributed by atoms with Gasteiger partial charge in [-0.05, 0) is 24.6 Å². The molecule has 0 fully saturated rings. The molecule has 0 saturated heterocycles. The van der Waals surface area contributed by atoms with Crippen molar-refractivity contribution in [1.29, 1.82) is 0 Å². The van der Waals surface area contributed by atoms with E-state index in [1.54, 1.807) is 19.1 Å². The van der Waals surface area contributed by atoms with E-state index in [2.05, 4.69) is 19.1 Å². The van der Waals surface area contributed by atoms with Gasteiger partial charge in [-0.15, -0.1) is 6.42 Å². The lowest BCUT2D eigenvalue weighted by molar-refractivity contribution is 0.659. The van der Waals surface area contributed by atoms with Crippen molar-refractivity contribution in [2.45, 2.75) is 6.92 Å². The van der Waals surface area contributed by atoms with Crippen LogP contribution in [-0.2, 0) is 0 Å². The van der Waals surface area contributed by atoms with Gasteiger partial charge in [-0.3, -0.25) is 0 Å². The van der Waals surface area contributed by atoms with Crippen LogP contribution in [0.15, 0.2) is 48.4 Å². The molecule has 0 saturated carbocycles. The van der Waals surface area contributed by atoms with Gasteiger partial charge in [-0.1, -0.05) is 25.2 Å². The second kappa shape index (κ2) is 5.15. The number of allylic oxidation sites excluding steroid dienone is 6. The summed E-state index contributed by atoms with van der Waals surface area (Å²) >= 11 is 0. The minimum atomic E-state index is -0.496. The lowest BCUT2D eigenvalue weighted by atomic mass is 10.1. The number of hydrogen-bond donors (Lipinski definition) is 0. The SMILES string of the molecule is C#C/C=C\C(=C)/C(=C\C)C(=C)F. The van der Waals surface area contributed by atoms with E-state index in [0.717, 1.165) is 0 Å². The van der Waals surface area contributed by atoms with Gasteiger partial charge >= 0.3 is 0 Å². The summed E-state index contributed by atoms with van der Waals surface area (Å²) in [4.78, 5) is 0. The molecule has 0 N–H and O–H groups in total. The van der Waals surface area contributed by atoms with E-state index in [1.165, 1.54) is 6.08 Å². The fraction of sp³-hybridized carbons (Fsp3) is 0.0909. The van der Waals surface area contributed by atoms with Gasteiger partial charge in [0, 0.05) is 5.57 Å². The van der Waals surface area contributed by atoms with Gasteiger partial charge in [-0.2, -0.15) is 0 Å². The Morgan fingerprint density at radius 3 is 2.42 bits per heavy atom. The Bertz CT molecular complexity index is 285. The summed E-state index contributed by atoms with van der Waals surface area (Å²) in [5.41, 5.74) is 0.921. The third kappa shape index (κ3) is 3.03. The van der Waals surface area contributed by atoms with Crippen LogP contribution < -0.4 is 0 Å². The molecular weight excluding hydrogens is 151 g/mol. The maximum Gasteiger partial charge on any atom is 0.123 e. The zero-order valence-corrected chi connectivity index (χ0v) is 7.10. The van der Waals surface area contributed by atoms with E-state index in [1.807, 2.05) is 0 Å². The number of terminal acetylenes is 1. The highest BCUT2D eigenvalue weighted by molar-refractivity contribution is 5.47. The zero-order valence-electron chi connectivity index (χ0n) is 7.10. The highest BCUT2D eigenvalue weighted by Gasteiger charge is 2.01. The minimum Gasteiger partial charge on any atom is -0.207 e. The monoisotopic (exact) mass is 162 g/mol. The molecule has 0 aromatic carbocycles. The van der Waals surface area contributed by atoms with Crippen LogP contribution >= 0.6 is 0 Å². The average Bonchev–Trinajstić information content (AvgIpc) is 2.01. The highest BCUT2D eigenvalue weighted by Crippen LogP contribution is 2.18. The molecule has 0 rings (SSSR count). The third-order valence-corrected chi connectivity index (χ3v) is 1.31. The van der Waals surface area contributed by atoms with Crippen LogP contribution in [0.2, 0.25) is 0 Å². The molecule has 0 heterocycles. The van der Waals surface area contributed by atoms with Crippen molar-refractivity contribution < 1.29 is 4.39 Å². The van der Waals surface area contributed by atoms with Crippen LogP contribution in [0.5, 0.6) is 0 Å². The van der Waals surface area contributed by atoms with Gasteiger partial charge in [0.1, 0.15) is 5.83 Å². The molecule has 0 atom stereocenters. The summed E-state index contributed by atoms with van der Waals surface area (Å²) < 4.78 is 12.6. The number of rotatable bonds is 3. The van der Waals surface area contributed by atoms with Gasteiger partial charge in [0.2, 0.25) is 0 Å². The molecule has 0 aliphatic carbocycles. The molecule has 62 valence electrons.